The van der Waals surface area contributed by atoms with E-state index in [1.807, 2.05) is 6.92 Å². The molecule has 1 aromatic rings. The van der Waals surface area contributed by atoms with Gasteiger partial charge in [0.15, 0.2) is 0 Å². The fourth-order valence-electron chi connectivity index (χ4n) is 4.24. The first-order chi connectivity index (χ1) is 10.7. The highest BCUT2D eigenvalue weighted by Gasteiger charge is 2.32. The molecule has 0 aromatic carbocycles. The average molecular weight is 300 g/mol. The third kappa shape index (κ3) is 2.36. The van der Waals surface area contributed by atoms with Gasteiger partial charge in [0.2, 0.25) is 5.91 Å². The number of hydrogen-bond acceptors (Lipinski definition) is 4. The van der Waals surface area contributed by atoms with Crippen LogP contribution in [0.1, 0.15) is 49.2 Å². The molecule has 2 fully saturated rings. The first kappa shape index (κ1) is 14.0. The molecule has 3 aliphatic rings. The molecule has 0 bridgehead atoms. The maximum absolute atomic E-state index is 11.9. The summed E-state index contributed by atoms with van der Waals surface area (Å²) in [5, 5.41) is 0. The van der Waals surface area contributed by atoms with Crippen LogP contribution in [-0.4, -0.2) is 46.5 Å². The molecule has 22 heavy (non-hydrogen) atoms. The average Bonchev–Trinajstić information content (AvgIpc) is 3.15. The molecule has 0 atom stereocenters. The molecule has 2 saturated heterocycles. The van der Waals surface area contributed by atoms with Gasteiger partial charge in [0.05, 0.1) is 0 Å². The Labute approximate surface area is 131 Å². The van der Waals surface area contributed by atoms with E-state index in [1.165, 1.54) is 23.5 Å². The number of aromatic nitrogens is 2. The fourth-order valence-corrected chi connectivity index (χ4v) is 4.24. The van der Waals surface area contributed by atoms with Crippen LogP contribution < -0.4 is 4.90 Å². The highest BCUT2D eigenvalue weighted by Crippen LogP contribution is 2.31. The molecule has 118 valence electrons. The number of rotatable bonds is 2. The summed E-state index contributed by atoms with van der Waals surface area (Å²) in [4.78, 5) is 25.8. The zero-order chi connectivity index (χ0) is 15.1. The van der Waals surface area contributed by atoms with Crippen molar-refractivity contribution >= 4 is 11.7 Å². The molecular formula is C17H24N4O. The Morgan fingerprint density at radius 1 is 1.00 bits per heavy atom. The molecular weight excluding hydrogens is 276 g/mol. The maximum Gasteiger partial charge on any atom is 0.222 e. The number of fused-ring (bicyclic) bond motifs is 1. The lowest BCUT2D eigenvalue weighted by atomic mass is 10.0. The molecule has 1 aromatic heterocycles. The summed E-state index contributed by atoms with van der Waals surface area (Å²) in [5.41, 5.74) is 2.64. The Morgan fingerprint density at radius 3 is 2.55 bits per heavy atom. The van der Waals surface area contributed by atoms with Gasteiger partial charge in [-0.2, -0.15) is 0 Å². The van der Waals surface area contributed by atoms with Crippen molar-refractivity contribution in [3.8, 4) is 0 Å². The first-order valence-electron chi connectivity index (χ1n) is 8.63. The summed E-state index contributed by atoms with van der Waals surface area (Å²) in [6.07, 6.45) is 7.36. The zero-order valence-corrected chi connectivity index (χ0v) is 13.3. The van der Waals surface area contributed by atoms with Crippen molar-refractivity contribution in [2.24, 2.45) is 0 Å². The monoisotopic (exact) mass is 300 g/mol. The SMILES string of the molecule is Cc1nc2c(c(N3CCC(N4CCCC4=O)CC3)n1)CCC2. The number of anilines is 1. The summed E-state index contributed by atoms with van der Waals surface area (Å²) in [5.74, 6) is 2.43. The normalized spacial score (nSPS) is 22.5. The molecule has 0 saturated carbocycles. The lowest BCUT2D eigenvalue weighted by molar-refractivity contribution is -0.130. The number of carbonyl (C=O) groups excluding carboxylic acids is 1. The molecule has 0 N–H and O–H groups in total. The van der Waals surface area contributed by atoms with E-state index < -0.39 is 0 Å². The van der Waals surface area contributed by atoms with Crippen LogP contribution in [0.4, 0.5) is 5.82 Å². The maximum atomic E-state index is 11.9. The summed E-state index contributed by atoms with van der Waals surface area (Å²) >= 11 is 0. The largest absolute Gasteiger partial charge is 0.356 e. The summed E-state index contributed by atoms with van der Waals surface area (Å²) < 4.78 is 0. The summed E-state index contributed by atoms with van der Waals surface area (Å²) in [7, 11) is 0. The van der Waals surface area contributed by atoms with Gasteiger partial charge in [-0.1, -0.05) is 0 Å². The molecule has 4 rings (SSSR count). The second-order valence-electron chi connectivity index (χ2n) is 6.78. The van der Waals surface area contributed by atoms with Gasteiger partial charge in [-0.05, 0) is 45.4 Å². The molecule has 0 radical (unpaired) electrons. The Bertz CT molecular complexity index is 593. The van der Waals surface area contributed by atoms with Gasteiger partial charge in [0, 0.05) is 43.4 Å². The minimum Gasteiger partial charge on any atom is -0.356 e. The fraction of sp³-hybridized carbons (Fsp3) is 0.706. The van der Waals surface area contributed by atoms with E-state index in [4.69, 9.17) is 4.98 Å². The van der Waals surface area contributed by atoms with E-state index in [-0.39, 0.29) is 0 Å². The van der Waals surface area contributed by atoms with E-state index in [2.05, 4.69) is 14.8 Å². The quantitative estimate of drug-likeness (QED) is 0.836. The minimum absolute atomic E-state index is 0.359. The van der Waals surface area contributed by atoms with Crippen LogP contribution in [0.2, 0.25) is 0 Å². The van der Waals surface area contributed by atoms with Crippen molar-refractivity contribution < 1.29 is 4.79 Å². The van der Waals surface area contributed by atoms with Gasteiger partial charge in [0.1, 0.15) is 11.6 Å². The van der Waals surface area contributed by atoms with Crippen molar-refractivity contribution in [1.29, 1.82) is 0 Å². The lowest BCUT2D eigenvalue weighted by Crippen LogP contribution is -2.46. The molecule has 1 aliphatic carbocycles. The Kier molecular flexibility index (Phi) is 3.51. The van der Waals surface area contributed by atoms with E-state index in [1.54, 1.807) is 0 Å². The summed E-state index contributed by atoms with van der Waals surface area (Å²) in [6, 6.07) is 0.447. The van der Waals surface area contributed by atoms with Crippen LogP contribution in [0.25, 0.3) is 0 Å². The standard InChI is InChI=1S/C17H24N4O/c1-12-18-15-5-2-4-14(15)17(19-12)20-10-7-13(8-11-20)21-9-3-6-16(21)22/h13H,2-11H2,1H3. The van der Waals surface area contributed by atoms with E-state index in [0.717, 1.165) is 64.0 Å². The van der Waals surface area contributed by atoms with Crippen molar-refractivity contribution in [3.05, 3.63) is 17.1 Å². The van der Waals surface area contributed by atoms with Gasteiger partial charge >= 0.3 is 0 Å². The number of aryl methyl sites for hydroxylation is 2. The van der Waals surface area contributed by atoms with Crippen molar-refractivity contribution in [3.63, 3.8) is 0 Å². The first-order valence-corrected chi connectivity index (χ1v) is 8.63. The molecule has 3 heterocycles. The van der Waals surface area contributed by atoms with Gasteiger partial charge < -0.3 is 9.80 Å². The van der Waals surface area contributed by atoms with Crippen LogP contribution in [-0.2, 0) is 17.6 Å². The lowest BCUT2D eigenvalue weighted by Gasteiger charge is -2.37. The van der Waals surface area contributed by atoms with Crippen molar-refractivity contribution in [2.45, 2.75) is 57.9 Å². The number of nitrogens with zero attached hydrogens (tertiary/aromatic N) is 4. The third-order valence-electron chi connectivity index (χ3n) is 5.34. The minimum atomic E-state index is 0.359. The number of likely N-dealkylation sites (tertiary alicyclic amines) is 1. The van der Waals surface area contributed by atoms with Crippen LogP contribution in [0.5, 0.6) is 0 Å². The van der Waals surface area contributed by atoms with Gasteiger partial charge in [-0.3, -0.25) is 4.79 Å². The summed E-state index contributed by atoms with van der Waals surface area (Å²) in [6.45, 7) is 4.98. The number of hydrogen-bond donors (Lipinski definition) is 0. The number of piperidine rings is 1. The predicted molar refractivity (Wildman–Crippen MR) is 85.0 cm³/mol. The zero-order valence-electron chi connectivity index (χ0n) is 13.3. The highest BCUT2D eigenvalue weighted by atomic mass is 16.2. The Morgan fingerprint density at radius 2 is 1.82 bits per heavy atom. The van der Waals surface area contributed by atoms with E-state index in [0.29, 0.717) is 11.9 Å². The van der Waals surface area contributed by atoms with Gasteiger partial charge in [0.25, 0.3) is 0 Å². The van der Waals surface area contributed by atoms with Crippen LogP contribution in [0.15, 0.2) is 0 Å². The number of carbonyl (C=O) groups is 1. The van der Waals surface area contributed by atoms with Gasteiger partial charge in [-0.15, -0.1) is 0 Å². The topological polar surface area (TPSA) is 49.3 Å². The van der Waals surface area contributed by atoms with Gasteiger partial charge in [-0.25, -0.2) is 9.97 Å². The van der Waals surface area contributed by atoms with Crippen LogP contribution in [0.3, 0.4) is 0 Å². The number of amides is 1. The molecule has 1 amide bonds. The van der Waals surface area contributed by atoms with Crippen molar-refractivity contribution in [2.75, 3.05) is 24.5 Å². The van der Waals surface area contributed by atoms with E-state index >= 15 is 0 Å². The predicted octanol–water partition coefficient (Wildman–Crippen LogP) is 1.86. The Hall–Kier alpha value is -1.65. The van der Waals surface area contributed by atoms with Crippen LogP contribution >= 0.6 is 0 Å². The molecule has 5 nitrogen and oxygen atoms in total. The molecule has 2 aliphatic heterocycles. The molecule has 0 unspecified atom stereocenters. The van der Waals surface area contributed by atoms with Crippen molar-refractivity contribution in [1.82, 2.24) is 14.9 Å². The second kappa shape index (κ2) is 5.52. The van der Waals surface area contributed by atoms with E-state index in [9.17, 15) is 4.79 Å². The molecule has 5 heteroatoms. The smallest absolute Gasteiger partial charge is 0.222 e. The van der Waals surface area contributed by atoms with Crippen LogP contribution in [0, 0.1) is 6.92 Å². The highest BCUT2D eigenvalue weighted by molar-refractivity contribution is 5.78. The second-order valence-corrected chi connectivity index (χ2v) is 6.78. The Balaban J connectivity index is 1.49. The molecule has 0 spiro atoms. The third-order valence-corrected chi connectivity index (χ3v) is 5.34.